The highest BCUT2D eigenvalue weighted by molar-refractivity contribution is 7.99. The first kappa shape index (κ1) is 13.3. The van der Waals surface area contributed by atoms with Gasteiger partial charge in [-0.3, -0.25) is 0 Å². The fourth-order valence-corrected chi connectivity index (χ4v) is 3.50. The second-order valence-electron chi connectivity index (χ2n) is 5.11. The van der Waals surface area contributed by atoms with E-state index in [0.29, 0.717) is 6.04 Å². The normalized spacial score (nSPS) is 14.0. The molecule has 20 heavy (non-hydrogen) atoms. The van der Waals surface area contributed by atoms with Crippen LogP contribution in [0.2, 0.25) is 0 Å². The zero-order valence-corrected chi connectivity index (χ0v) is 12.3. The molecule has 0 atom stereocenters. The van der Waals surface area contributed by atoms with E-state index < -0.39 is 0 Å². The van der Waals surface area contributed by atoms with Crippen LogP contribution in [0.15, 0.2) is 66.1 Å². The van der Waals surface area contributed by atoms with E-state index in [1.807, 2.05) is 17.8 Å². The van der Waals surface area contributed by atoms with Crippen molar-refractivity contribution in [3.8, 4) is 0 Å². The van der Waals surface area contributed by atoms with Gasteiger partial charge in [0, 0.05) is 22.4 Å². The molecule has 0 fully saturated rings. The highest BCUT2D eigenvalue weighted by Gasteiger charge is 2.21. The molecular weight excluding hydrogens is 262 g/mol. The Hall–Kier alpha value is -1.67. The molecule has 2 heteroatoms. The molecule has 2 aromatic rings. The van der Waals surface area contributed by atoms with Gasteiger partial charge in [-0.1, -0.05) is 42.5 Å². The smallest absolute Gasteiger partial charge is 0.0480 e. The van der Waals surface area contributed by atoms with Crippen LogP contribution in [0, 0.1) is 0 Å². The minimum Gasteiger partial charge on any atom is -0.381 e. The molecule has 1 N–H and O–H groups in total. The molecule has 1 nitrogen and oxygen atoms in total. The first-order chi connectivity index (χ1) is 9.86. The first-order valence-electron chi connectivity index (χ1n) is 7.03. The summed E-state index contributed by atoms with van der Waals surface area (Å²) in [5, 5.41) is 3.71. The van der Waals surface area contributed by atoms with Gasteiger partial charge in [0.05, 0.1) is 0 Å². The lowest BCUT2D eigenvalue weighted by Gasteiger charge is -2.16. The molecule has 1 aliphatic rings. The standard InChI is InChI=1S/C18H19NS/c1-2-11-20-18-10-6-5-9-17(18)19-16-12-14-7-3-4-8-15(14)13-16/h2-10,16,19H,1,11-13H2. The fraction of sp³-hybridized carbons (Fsp3) is 0.222. The molecule has 0 saturated heterocycles. The molecule has 1 aliphatic carbocycles. The zero-order chi connectivity index (χ0) is 13.8. The van der Waals surface area contributed by atoms with E-state index in [0.717, 1.165) is 18.6 Å². The Kier molecular flexibility index (Phi) is 4.12. The summed E-state index contributed by atoms with van der Waals surface area (Å²) in [6.07, 6.45) is 4.19. The van der Waals surface area contributed by atoms with Crippen LogP contribution in [0.1, 0.15) is 11.1 Å². The summed E-state index contributed by atoms with van der Waals surface area (Å²) in [4.78, 5) is 1.31. The monoisotopic (exact) mass is 281 g/mol. The van der Waals surface area contributed by atoms with Gasteiger partial charge in [-0.2, -0.15) is 0 Å². The van der Waals surface area contributed by atoms with Crippen molar-refractivity contribution >= 4 is 17.4 Å². The maximum absolute atomic E-state index is 3.79. The van der Waals surface area contributed by atoms with E-state index in [-0.39, 0.29) is 0 Å². The van der Waals surface area contributed by atoms with Gasteiger partial charge in [0.1, 0.15) is 0 Å². The third kappa shape index (κ3) is 2.91. The van der Waals surface area contributed by atoms with Crippen LogP contribution in [0.25, 0.3) is 0 Å². The van der Waals surface area contributed by atoms with Crippen molar-refractivity contribution in [1.29, 1.82) is 0 Å². The summed E-state index contributed by atoms with van der Waals surface area (Å²) in [5.41, 5.74) is 4.22. The van der Waals surface area contributed by atoms with E-state index in [2.05, 4.69) is 60.4 Å². The average Bonchev–Trinajstić information content (AvgIpc) is 2.88. The van der Waals surface area contributed by atoms with Crippen LogP contribution in [-0.2, 0) is 12.8 Å². The quantitative estimate of drug-likeness (QED) is 0.637. The molecule has 2 aromatic carbocycles. The Morgan fingerprint density at radius 2 is 1.70 bits per heavy atom. The van der Waals surface area contributed by atoms with Crippen molar-refractivity contribution in [2.45, 2.75) is 23.8 Å². The van der Waals surface area contributed by atoms with E-state index in [4.69, 9.17) is 0 Å². The van der Waals surface area contributed by atoms with Crippen molar-refractivity contribution in [2.75, 3.05) is 11.1 Å². The third-order valence-corrected chi connectivity index (χ3v) is 4.72. The van der Waals surface area contributed by atoms with Gasteiger partial charge in [0.25, 0.3) is 0 Å². The summed E-state index contributed by atoms with van der Waals surface area (Å²) >= 11 is 1.83. The molecule has 0 aliphatic heterocycles. The molecule has 0 spiro atoms. The average molecular weight is 281 g/mol. The maximum atomic E-state index is 3.79. The number of anilines is 1. The second-order valence-corrected chi connectivity index (χ2v) is 6.18. The maximum Gasteiger partial charge on any atom is 0.0480 e. The topological polar surface area (TPSA) is 12.0 Å². The predicted octanol–water partition coefficient (Wildman–Crippen LogP) is 4.54. The Bertz CT molecular complexity index is 581. The van der Waals surface area contributed by atoms with Crippen LogP contribution in [0.4, 0.5) is 5.69 Å². The van der Waals surface area contributed by atoms with Crippen molar-refractivity contribution in [3.63, 3.8) is 0 Å². The fourth-order valence-electron chi connectivity index (χ4n) is 2.74. The number of hydrogen-bond acceptors (Lipinski definition) is 2. The molecule has 0 amide bonds. The van der Waals surface area contributed by atoms with Crippen molar-refractivity contribution in [2.24, 2.45) is 0 Å². The van der Waals surface area contributed by atoms with E-state index in [9.17, 15) is 0 Å². The van der Waals surface area contributed by atoms with Crippen LogP contribution < -0.4 is 5.32 Å². The van der Waals surface area contributed by atoms with Crippen molar-refractivity contribution in [3.05, 3.63) is 72.3 Å². The van der Waals surface area contributed by atoms with Crippen LogP contribution >= 0.6 is 11.8 Å². The third-order valence-electron chi connectivity index (χ3n) is 3.65. The number of rotatable bonds is 5. The van der Waals surface area contributed by atoms with Crippen LogP contribution in [0.5, 0.6) is 0 Å². The van der Waals surface area contributed by atoms with E-state index in [1.165, 1.54) is 21.7 Å². The molecular formula is C18H19NS. The van der Waals surface area contributed by atoms with Gasteiger partial charge in [-0.05, 0) is 36.1 Å². The van der Waals surface area contributed by atoms with E-state index >= 15 is 0 Å². The van der Waals surface area contributed by atoms with Gasteiger partial charge < -0.3 is 5.32 Å². The lowest BCUT2D eigenvalue weighted by molar-refractivity contribution is 0.771. The minimum absolute atomic E-state index is 0.512. The van der Waals surface area contributed by atoms with Gasteiger partial charge in [-0.25, -0.2) is 0 Å². The summed E-state index contributed by atoms with van der Waals surface area (Å²) < 4.78 is 0. The Balaban J connectivity index is 1.72. The SMILES string of the molecule is C=CCSc1ccccc1NC1Cc2ccccc2C1. The molecule has 102 valence electrons. The number of benzene rings is 2. The molecule has 3 rings (SSSR count). The van der Waals surface area contributed by atoms with Crippen molar-refractivity contribution < 1.29 is 0 Å². The second kappa shape index (κ2) is 6.19. The summed E-state index contributed by atoms with van der Waals surface area (Å²) in [7, 11) is 0. The number of thioether (sulfide) groups is 1. The lowest BCUT2D eigenvalue weighted by atomic mass is 10.1. The zero-order valence-electron chi connectivity index (χ0n) is 11.5. The Labute approximate surface area is 125 Å². The molecule has 0 unspecified atom stereocenters. The highest BCUT2D eigenvalue weighted by Crippen LogP contribution is 2.30. The minimum atomic E-state index is 0.512. The molecule has 0 bridgehead atoms. The predicted molar refractivity (Wildman–Crippen MR) is 88.6 cm³/mol. The van der Waals surface area contributed by atoms with Crippen LogP contribution in [-0.4, -0.2) is 11.8 Å². The number of nitrogens with one attached hydrogen (secondary N) is 1. The number of para-hydroxylation sites is 1. The molecule has 0 saturated carbocycles. The Morgan fingerprint density at radius 1 is 1.05 bits per heavy atom. The van der Waals surface area contributed by atoms with Gasteiger partial charge >= 0.3 is 0 Å². The Morgan fingerprint density at radius 3 is 2.40 bits per heavy atom. The molecule has 0 heterocycles. The summed E-state index contributed by atoms with van der Waals surface area (Å²) in [6.45, 7) is 3.79. The number of fused-ring (bicyclic) bond motifs is 1. The van der Waals surface area contributed by atoms with Crippen LogP contribution in [0.3, 0.4) is 0 Å². The highest BCUT2D eigenvalue weighted by atomic mass is 32.2. The van der Waals surface area contributed by atoms with Gasteiger partial charge in [0.2, 0.25) is 0 Å². The van der Waals surface area contributed by atoms with E-state index in [1.54, 1.807) is 0 Å². The summed E-state index contributed by atoms with van der Waals surface area (Å²) in [5.74, 6) is 0.948. The summed E-state index contributed by atoms with van der Waals surface area (Å²) in [6, 6.07) is 17.8. The first-order valence-corrected chi connectivity index (χ1v) is 8.01. The number of hydrogen-bond donors (Lipinski definition) is 1. The van der Waals surface area contributed by atoms with Crippen molar-refractivity contribution in [1.82, 2.24) is 0 Å². The molecule has 0 radical (unpaired) electrons. The largest absolute Gasteiger partial charge is 0.381 e. The van der Waals surface area contributed by atoms with Gasteiger partial charge in [0.15, 0.2) is 0 Å². The lowest BCUT2D eigenvalue weighted by Crippen LogP contribution is -2.19. The molecule has 0 aromatic heterocycles. The van der Waals surface area contributed by atoms with Gasteiger partial charge in [-0.15, -0.1) is 18.3 Å².